The number of aryl methyl sites for hydroxylation is 2. The smallest absolute Gasteiger partial charge is 0.257 e. The van der Waals surface area contributed by atoms with E-state index >= 15 is 0 Å². The number of benzene rings is 2. The molecular formula is C26H28N4O3. The van der Waals surface area contributed by atoms with Gasteiger partial charge in [0.05, 0.1) is 5.92 Å². The van der Waals surface area contributed by atoms with Crippen LogP contribution in [0, 0.1) is 19.8 Å². The van der Waals surface area contributed by atoms with Crippen LogP contribution in [0.3, 0.4) is 0 Å². The normalized spacial score (nSPS) is 19.3. The van der Waals surface area contributed by atoms with Crippen molar-refractivity contribution in [3.63, 3.8) is 0 Å². The summed E-state index contributed by atoms with van der Waals surface area (Å²) in [6.07, 6.45) is 1.86. The van der Waals surface area contributed by atoms with Crippen molar-refractivity contribution in [1.29, 1.82) is 0 Å². The fourth-order valence-corrected chi connectivity index (χ4v) is 4.73. The highest BCUT2D eigenvalue weighted by Crippen LogP contribution is 2.31. The first-order chi connectivity index (χ1) is 16.0. The first-order valence-electron chi connectivity index (χ1n) is 11.5. The van der Waals surface area contributed by atoms with Crippen molar-refractivity contribution in [2.75, 3.05) is 24.5 Å². The number of nitrogens with zero attached hydrogens (tertiary/aromatic N) is 4. The van der Waals surface area contributed by atoms with E-state index < -0.39 is 0 Å². The number of piperidine rings is 1. The molecule has 2 fully saturated rings. The Morgan fingerprint density at radius 1 is 1.03 bits per heavy atom. The standard InChI is InChI=1S/C26H28N4O3/c1-17-8-9-22(14-18(17)2)30-16-21(15-23(30)31)26(32)29-12-10-19(11-13-29)24-27-25(33-28-24)20-6-4-3-5-7-20/h3-9,14,19,21H,10-13,15-16H2,1-2H3/t21-/m1/s1. The summed E-state index contributed by atoms with van der Waals surface area (Å²) in [5, 5.41) is 4.19. The van der Waals surface area contributed by atoms with Gasteiger partial charge in [0.2, 0.25) is 11.8 Å². The third-order valence-electron chi connectivity index (χ3n) is 6.91. The van der Waals surface area contributed by atoms with Crippen LogP contribution in [0.15, 0.2) is 53.1 Å². The molecule has 0 N–H and O–H groups in total. The van der Waals surface area contributed by atoms with Crippen LogP contribution < -0.4 is 4.90 Å². The molecule has 0 unspecified atom stereocenters. The minimum atomic E-state index is -0.287. The van der Waals surface area contributed by atoms with Gasteiger partial charge in [-0.3, -0.25) is 9.59 Å². The van der Waals surface area contributed by atoms with Crippen molar-refractivity contribution < 1.29 is 14.1 Å². The predicted octanol–water partition coefficient (Wildman–Crippen LogP) is 4.11. The van der Waals surface area contributed by atoms with E-state index in [1.807, 2.05) is 60.4 Å². The molecule has 0 spiro atoms. The van der Waals surface area contributed by atoms with Gasteiger partial charge in [0.25, 0.3) is 5.89 Å². The highest BCUT2D eigenvalue weighted by atomic mass is 16.5. The molecule has 170 valence electrons. The minimum absolute atomic E-state index is 0.0201. The van der Waals surface area contributed by atoms with Gasteiger partial charge >= 0.3 is 0 Å². The number of rotatable bonds is 4. The van der Waals surface area contributed by atoms with Crippen molar-refractivity contribution in [2.45, 2.75) is 39.0 Å². The van der Waals surface area contributed by atoms with Crippen LogP contribution in [0.25, 0.3) is 11.5 Å². The maximum Gasteiger partial charge on any atom is 0.257 e. The second-order valence-corrected chi connectivity index (χ2v) is 9.10. The van der Waals surface area contributed by atoms with Crippen molar-refractivity contribution in [3.8, 4) is 11.5 Å². The summed E-state index contributed by atoms with van der Waals surface area (Å²) in [5.41, 5.74) is 4.12. The Morgan fingerprint density at radius 3 is 2.52 bits per heavy atom. The van der Waals surface area contributed by atoms with Crippen LogP contribution >= 0.6 is 0 Å². The topological polar surface area (TPSA) is 79.5 Å². The molecule has 7 heteroatoms. The van der Waals surface area contributed by atoms with E-state index in [4.69, 9.17) is 4.52 Å². The van der Waals surface area contributed by atoms with Crippen molar-refractivity contribution in [3.05, 3.63) is 65.5 Å². The number of anilines is 1. The molecule has 2 aromatic carbocycles. The molecule has 3 heterocycles. The van der Waals surface area contributed by atoms with E-state index in [0.29, 0.717) is 31.3 Å². The summed E-state index contributed by atoms with van der Waals surface area (Å²) in [6.45, 7) is 5.84. The Morgan fingerprint density at radius 2 is 1.79 bits per heavy atom. The summed E-state index contributed by atoms with van der Waals surface area (Å²) in [5.74, 6) is 1.22. The number of amides is 2. The summed E-state index contributed by atoms with van der Waals surface area (Å²) in [4.78, 5) is 34.1. The van der Waals surface area contributed by atoms with Crippen LogP contribution in [0.5, 0.6) is 0 Å². The van der Waals surface area contributed by atoms with Crippen molar-refractivity contribution in [1.82, 2.24) is 15.0 Å². The summed E-state index contributed by atoms with van der Waals surface area (Å²) in [7, 11) is 0. The molecule has 0 bridgehead atoms. The first-order valence-corrected chi connectivity index (χ1v) is 11.5. The molecule has 0 aliphatic carbocycles. The number of aromatic nitrogens is 2. The maximum absolute atomic E-state index is 13.2. The molecule has 5 rings (SSSR count). The summed E-state index contributed by atoms with van der Waals surface area (Å²) < 4.78 is 5.46. The number of likely N-dealkylation sites (tertiary alicyclic amines) is 1. The molecule has 2 saturated heterocycles. The molecular weight excluding hydrogens is 416 g/mol. The van der Waals surface area contributed by atoms with Gasteiger partial charge in [-0.05, 0) is 62.1 Å². The first kappa shape index (κ1) is 21.4. The van der Waals surface area contributed by atoms with E-state index in [-0.39, 0.29) is 30.1 Å². The van der Waals surface area contributed by atoms with Crippen molar-refractivity contribution in [2.24, 2.45) is 5.92 Å². The average Bonchev–Trinajstić information content (AvgIpc) is 3.49. The Kier molecular flexibility index (Phi) is 5.70. The predicted molar refractivity (Wildman–Crippen MR) is 125 cm³/mol. The number of hydrogen-bond donors (Lipinski definition) is 0. The quantitative estimate of drug-likeness (QED) is 0.605. The fraction of sp³-hybridized carbons (Fsp3) is 0.385. The molecule has 7 nitrogen and oxygen atoms in total. The molecule has 2 amide bonds. The lowest BCUT2D eigenvalue weighted by Gasteiger charge is -2.32. The fourth-order valence-electron chi connectivity index (χ4n) is 4.73. The monoisotopic (exact) mass is 444 g/mol. The number of carbonyl (C=O) groups is 2. The largest absolute Gasteiger partial charge is 0.342 e. The van der Waals surface area contributed by atoms with Gasteiger partial charge in [-0.1, -0.05) is 29.4 Å². The molecule has 0 radical (unpaired) electrons. The molecule has 1 aromatic heterocycles. The van der Waals surface area contributed by atoms with Crippen LogP contribution in [-0.2, 0) is 9.59 Å². The van der Waals surface area contributed by atoms with E-state index in [9.17, 15) is 9.59 Å². The minimum Gasteiger partial charge on any atom is -0.342 e. The van der Waals surface area contributed by atoms with Gasteiger partial charge in [-0.15, -0.1) is 0 Å². The summed E-state index contributed by atoms with van der Waals surface area (Å²) >= 11 is 0. The highest BCUT2D eigenvalue weighted by molar-refractivity contribution is 6.00. The highest BCUT2D eigenvalue weighted by Gasteiger charge is 2.38. The van der Waals surface area contributed by atoms with Gasteiger partial charge in [0.1, 0.15) is 0 Å². The van der Waals surface area contributed by atoms with E-state index in [1.165, 1.54) is 5.56 Å². The molecule has 2 aliphatic rings. The molecule has 3 aromatic rings. The van der Waals surface area contributed by atoms with Gasteiger partial charge in [0.15, 0.2) is 5.82 Å². The maximum atomic E-state index is 13.2. The Balaban J connectivity index is 1.19. The van der Waals surface area contributed by atoms with Crippen LogP contribution in [-0.4, -0.2) is 46.5 Å². The lowest BCUT2D eigenvalue weighted by Crippen LogP contribution is -2.42. The average molecular weight is 445 g/mol. The lowest BCUT2D eigenvalue weighted by atomic mass is 9.95. The zero-order valence-corrected chi connectivity index (χ0v) is 19.0. The lowest BCUT2D eigenvalue weighted by molar-refractivity contribution is -0.136. The number of hydrogen-bond acceptors (Lipinski definition) is 5. The van der Waals surface area contributed by atoms with Crippen LogP contribution in [0.1, 0.15) is 42.1 Å². The third kappa shape index (κ3) is 4.27. The molecule has 33 heavy (non-hydrogen) atoms. The van der Waals surface area contributed by atoms with Gasteiger partial charge in [-0.25, -0.2) is 0 Å². The second kappa shape index (κ2) is 8.81. The Labute approximate surface area is 193 Å². The molecule has 1 atom stereocenters. The van der Waals surface area contributed by atoms with Crippen LogP contribution in [0.4, 0.5) is 5.69 Å². The van der Waals surface area contributed by atoms with Crippen LogP contribution in [0.2, 0.25) is 0 Å². The van der Waals surface area contributed by atoms with Crippen molar-refractivity contribution >= 4 is 17.5 Å². The molecule has 0 saturated carbocycles. The number of carbonyl (C=O) groups excluding carboxylic acids is 2. The van der Waals surface area contributed by atoms with Gasteiger partial charge < -0.3 is 14.3 Å². The third-order valence-corrected chi connectivity index (χ3v) is 6.91. The Bertz CT molecular complexity index is 1170. The van der Waals surface area contributed by atoms with E-state index in [1.54, 1.807) is 4.90 Å². The zero-order valence-electron chi connectivity index (χ0n) is 19.0. The second-order valence-electron chi connectivity index (χ2n) is 9.10. The Hall–Kier alpha value is -3.48. The van der Waals surface area contributed by atoms with Gasteiger partial charge in [0, 0.05) is 43.2 Å². The van der Waals surface area contributed by atoms with E-state index in [0.717, 1.165) is 29.7 Å². The van der Waals surface area contributed by atoms with Gasteiger partial charge in [-0.2, -0.15) is 4.98 Å². The SMILES string of the molecule is Cc1ccc(N2C[C@H](C(=O)N3CCC(c4noc(-c5ccccc5)n4)CC3)CC2=O)cc1C. The van der Waals surface area contributed by atoms with E-state index in [2.05, 4.69) is 17.1 Å². The zero-order chi connectivity index (χ0) is 22.9. The molecule has 2 aliphatic heterocycles. The summed E-state index contributed by atoms with van der Waals surface area (Å²) in [6, 6.07) is 15.8.